The van der Waals surface area contributed by atoms with Gasteiger partial charge in [0, 0.05) is 6.04 Å². The third-order valence-corrected chi connectivity index (χ3v) is 1.12. The van der Waals surface area contributed by atoms with E-state index in [1.165, 1.54) is 0 Å². The molecule has 0 aliphatic heterocycles. The van der Waals surface area contributed by atoms with Gasteiger partial charge in [-0.15, -0.1) is 0 Å². The minimum absolute atomic E-state index is 0.130. The molecule has 0 saturated heterocycles. The van der Waals surface area contributed by atoms with Crippen LogP contribution in [-0.4, -0.2) is 17.3 Å². The van der Waals surface area contributed by atoms with Crippen molar-refractivity contribution in [2.24, 2.45) is 5.73 Å². The third kappa shape index (κ3) is 4.09. The minimum atomic E-state index is -0.199. The highest BCUT2D eigenvalue weighted by atomic mass is 16.3. The van der Waals surface area contributed by atoms with Crippen LogP contribution >= 0.6 is 0 Å². The Labute approximate surface area is 50.7 Å². The highest BCUT2D eigenvalue weighted by Crippen LogP contribution is 1.97. The van der Waals surface area contributed by atoms with Crippen molar-refractivity contribution in [2.45, 2.75) is 38.8 Å². The maximum absolute atomic E-state index is 8.95. The third-order valence-electron chi connectivity index (χ3n) is 1.12. The van der Waals surface area contributed by atoms with E-state index >= 15 is 0 Å². The first-order chi connectivity index (χ1) is 3.66. The van der Waals surface area contributed by atoms with Crippen molar-refractivity contribution in [1.82, 2.24) is 0 Å². The fourth-order valence-electron chi connectivity index (χ4n) is 0.596. The second-order valence-electron chi connectivity index (χ2n) is 2.28. The van der Waals surface area contributed by atoms with Crippen molar-refractivity contribution in [3.63, 3.8) is 0 Å². The van der Waals surface area contributed by atoms with Gasteiger partial charge < -0.3 is 10.8 Å². The van der Waals surface area contributed by atoms with Gasteiger partial charge in [0.1, 0.15) is 0 Å². The first-order valence-electron chi connectivity index (χ1n) is 3.10. The average Bonchev–Trinajstić information content (AvgIpc) is 1.65. The summed E-state index contributed by atoms with van der Waals surface area (Å²) < 4.78 is 0. The number of hydrogen-bond acceptors (Lipinski definition) is 2. The van der Waals surface area contributed by atoms with Gasteiger partial charge in [0.25, 0.3) is 0 Å². The van der Waals surface area contributed by atoms with Gasteiger partial charge in [0.2, 0.25) is 0 Å². The predicted octanol–water partition coefficient (Wildman–Crippen LogP) is 0.495. The van der Waals surface area contributed by atoms with Crippen LogP contribution in [0.5, 0.6) is 0 Å². The zero-order valence-corrected chi connectivity index (χ0v) is 5.59. The van der Waals surface area contributed by atoms with Crippen molar-refractivity contribution < 1.29 is 5.11 Å². The predicted molar refractivity (Wildman–Crippen MR) is 34.6 cm³/mol. The lowest BCUT2D eigenvalue weighted by Crippen LogP contribution is -2.21. The molecule has 2 heteroatoms. The Hall–Kier alpha value is -0.0800. The van der Waals surface area contributed by atoms with Crippen LogP contribution in [0.25, 0.3) is 0 Å². The molecule has 0 aliphatic carbocycles. The van der Waals surface area contributed by atoms with E-state index in [0.717, 1.165) is 12.8 Å². The van der Waals surface area contributed by atoms with E-state index in [-0.39, 0.29) is 12.1 Å². The van der Waals surface area contributed by atoms with E-state index in [1.54, 1.807) is 0 Å². The molecule has 0 bridgehead atoms. The second-order valence-corrected chi connectivity index (χ2v) is 2.28. The van der Waals surface area contributed by atoms with Crippen LogP contribution in [0.1, 0.15) is 26.7 Å². The van der Waals surface area contributed by atoms with Gasteiger partial charge >= 0.3 is 0 Å². The summed E-state index contributed by atoms with van der Waals surface area (Å²) in [5.74, 6) is 0. The van der Waals surface area contributed by atoms with Gasteiger partial charge in [-0.3, -0.25) is 0 Å². The zero-order valence-electron chi connectivity index (χ0n) is 5.59. The Bertz CT molecular complexity index is 54.5. The Morgan fingerprint density at radius 1 is 1.62 bits per heavy atom. The van der Waals surface area contributed by atoms with Gasteiger partial charge in [-0.1, -0.05) is 6.92 Å². The van der Waals surface area contributed by atoms with Crippen LogP contribution in [-0.2, 0) is 0 Å². The molecule has 3 N–H and O–H groups in total. The normalized spacial score (nSPS) is 18.0. The molecule has 0 radical (unpaired) electrons. The standard InChI is InChI=1S/C6H15NO/c1-3-6(8)4-5(2)7/h5-6,8H,3-4,7H2,1-2H3. The molecule has 0 aromatic rings. The number of aliphatic hydroxyl groups excluding tert-OH is 1. The van der Waals surface area contributed by atoms with Crippen molar-refractivity contribution >= 4 is 0 Å². The average molecular weight is 117 g/mol. The van der Waals surface area contributed by atoms with Crippen molar-refractivity contribution in [2.75, 3.05) is 0 Å². The van der Waals surface area contributed by atoms with E-state index in [2.05, 4.69) is 0 Å². The molecule has 0 aromatic heterocycles. The molecule has 0 rings (SSSR count). The van der Waals surface area contributed by atoms with Gasteiger partial charge in [-0.2, -0.15) is 0 Å². The van der Waals surface area contributed by atoms with Crippen LogP contribution in [0.15, 0.2) is 0 Å². The molecule has 2 atom stereocenters. The lowest BCUT2D eigenvalue weighted by Gasteiger charge is -2.08. The summed E-state index contributed by atoms with van der Waals surface area (Å²) in [5.41, 5.74) is 5.41. The molecule has 0 spiro atoms. The van der Waals surface area contributed by atoms with Crippen LogP contribution in [0.3, 0.4) is 0 Å². The topological polar surface area (TPSA) is 46.2 Å². The molecule has 2 unspecified atom stereocenters. The van der Waals surface area contributed by atoms with Gasteiger partial charge in [0.15, 0.2) is 0 Å². The molecule has 2 nitrogen and oxygen atoms in total. The summed E-state index contributed by atoms with van der Waals surface area (Å²) in [4.78, 5) is 0. The molecule has 8 heavy (non-hydrogen) atoms. The molecule has 50 valence electrons. The molecule has 0 aromatic carbocycles. The summed E-state index contributed by atoms with van der Waals surface area (Å²) >= 11 is 0. The Morgan fingerprint density at radius 2 is 2.12 bits per heavy atom. The number of nitrogens with two attached hydrogens (primary N) is 1. The lowest BCUT2D eigenvalue weighted by atomic mass is 10.1. The molecule has 0 heterocycles. The van der Waals surface area contributed by atoms with E-state index in [1.807, 2.05) is 13.8 Å². The van der Waals surface area contributed by atoms with E-state index in [0.29, 0.717) is 0 Å². The number of hydrogen-bond donors (Lipinski definition) is 2. The van der Waals surface area contributed by atoms with E-state index in [4.69, 9.17) is 10.8 Å². The van der Waals surface area contributed by atoms with E-state index < -0.39 is 0 Å². The second kappa shape index (κ2) is 3.87. The Kier molecular flexibility index (Phi) is 3.83. The van der Waals surface area contributed by atoms with Crippen molar-refractivity contribution in [3.05, 3.63) is 0 Å². The summed E-state index contributed by atoms with van der Waals surface area (Å²) in [7, 11) is 0. The highest BCUT2D eigenvalue weighted by molar-refractivity contribution is 4.59. The molecular formula is C6H15NO. The van der Waals surface area contributed by atoms with Crippen LogP contribution < -0.4 is 5.73 Å². The Balaban J connectivity index is 3.10. The monoisotopic (exact) mass is 117 g/mol. The quantitative estimate of drug-likeness (QED) is 0.565. The maximum atomic E-state index is 8.95. The fraction of sp³-hybridized carbons (Fsp3) is 1.00. The van der Waals surface area contributed by atoms with Crippen LogP contribution in [0.2, 0.25) is 0 Å². The molecule has 0 amide bonds. The summed E-state index contributed by atoms with van der Waals surface area (Å²) in [5, 5.41) is 8.95. The van der Waals surface area contributed by atoms with Crippen LogP contribution in [0.4, 0.5) is 0 Å². The first-order valence-corrected chi connectivity index (χ1v) is 3.10. The number of aliphatic hydroxyl groups is 1. The van der Waals surface area contributed by atoms with Crippen molar-refractivity contribution in [3.8, 4) is 0 Å². The largest absolute Gasteiger partial charge is 0.393 e. The van der Waals surface area contributed by atoms with Gasteiger partial charge in [-0.05, 0) is 19.8 Å². The Morgan fingerprint density at radius 3 is 2.25 bits per heavy atom. The smallest absolute Gasteiger partial charge is 0.0552 e. The summed E-state index contributed by atoms with van der Waals surface area (Å²) in [6, 6.07) is 0.130. The van der Waals surface area contributed by atoms with E-state index in [9.17, 15) is 0 Å². The van der Waals surface area contributed by atoms with Crippen molar-refractivity contribution in [1.29, 1.82) is 0 Å². The fourth-order valence-corrected chi connectivity index (χ4v) is 0.596. The molecule has 0 saturated carbocycles. The van der Waals surface area contributed by atoms with Gasteiger partial charge in [-0.25, -0.2) is 0 Å². The highest BCUT2D eigenvalue weighted by Gasteiger charge is 2.02. The summed E-state index contributed by atoms with van der Waals surface area (Å²) in [6.45, 7) is 3.85. The minimum Gasteiger partial charge on any atom is -0.393 e. The van der Waals surface area contributed by atoms with Gasteiger partial charge in [0.05, 0.1) is 6.10 Å². The molecule has 0 aliphatic rings. The SMILES string of the molecule is CCC(O)CC(C)N. The molecular weight excluding hydrogens is 102 g/mol. The zero-order chi connectivity index (χ0) is 6.57. The van der Waals surface area contributed by atoms with Crippen LogP contribution in [0, 0.1) is 0 Å². The first kappa shape index (κ1) is 7.92. The molecule has 0 fully saturated rings. The maximum Gasteiger partial charge on any atom is 0.0552 e. The summed E-state index contributed by atoms with van der Waals surface area (Å²) in [6.07, 6.45) is 1.33. The lowest BCUT2D eigenvalue weighted by molar-refractivity contribution is 0.153. The number of rotatable bonds is 3.